The first-order chi connectivity index (χ1) is 15.4. The van der Waals surface area contributed by atoms with Gasteiger partial charge in [-0.15, -0.1) is 0 Å². The molecule has 170 valence electrons. The number of hydrogen-bond donors (Lipinski definition) is 1. The van der Waals surface area contributed by atoms with Crippen molar-refractivity contribution in [3.8, 4) is 0 Å². The summed E-state index contributed by atoms with van der Waals surface area (Å²) in [5.41, 5.74) is 0.818. The Bertz CT molecular complexity index is 987. The SMILES string of the molecule is O=C(Nc1ncccn1)N1c2nc(N3CCCC(C(F)(F)F)C3)ccc2N2CCC[C@H]1C2. The molecule has 0 radical (unpaired) electrons. The number of piperidine rings is 2. The number of halogens is 3. The molecule has 3 aliphatic rings. The summed E-state index contributed by atoms with van der Waals surface area (Å²) in [6, 6.07) is 4.83. The van der Waals surface area contributed by atoms with Gasteiger partial charge in [-0.2, -0.15) is 13.2 Å². The van der Waals surface area contributed by atoms with Crippen molar-refractivity contribution in [2.75, 3.05) is 46.2 Å². The number of fused-ring (bicyclic) bond motifs is 4. The van der Waals surface area contributed by atoms with E-state index in [9.17, 15) is 18.0 Å². The van der Waals surface area contributed by atoms with Gasteiger partial charge >= 0.3 is 12.2 Å². The largest absolute Gasteiger partial charge is 0.393 e. The van der Waals surface area contributed by atoms with Crippen molar-refractivity contribution in [2.24, 2.45) is 5.92 Å². The maximum atomic E-state index is 13.3. The number of anilines is 4. The molecule has 32 heavy (non-hydrogen) atoms. The number of hydrogen-bond acceptors (Lipinski definition) is 6. The number of nitrogens with one attached hydrogen (secondary N) is 1. The Kier molecular flexibility index (Phi) is 5.26. The van der Waals surface area contributed by atoms with Crippen molar-refractivity contribution in [1.29, 1.82) is 0 Å². The minimum absolute atomic E-state index is 0.0769. The normalized spacial score (nSPS) is 23.0. The third-order valence-corrected chi connectivity index (χ3v) is 6.38. The second-order valence-electron chi connectivity index (χ2n) is 8.45. The van der Waals surface area contributed by atoms with E-state index in [0.29, 0.717) is 31.1 Å². The van der Waals surface area contributed by atoms with Crippen LogP contribution in [0, 0.1) is 5.92 Å². The van der Waals surface area contributed by atoms with Crippen LogP contribution in [0.1, 0.15) is 25.7 Å². The molecule has 0 saturated carbocycles. The number of carbonyl (C=O) groups is 1. The molecule has 2 saturated heterocycles. The van der Waals surface area contributed by atoms with Gasteiger partial charge in [-0.25, -0.2) is 19.7 Å². The molecule has 2 aromatic rings. The van der Waals surface area contributed by atoms with Gasteiger partial charge in [-0.05, 0) is 43.9 Å². The molecular formula is C21H24F3N7O. The van der Waals surface area contributed by atoms with Gasteiger partial charge in [0.15, 0.2) is 5.82 Å². The molecule has 5 heterocycles. The van der Waals surface area contributed by atoms with Crippen LogP contribution in [0.4, 0.5) is 41.2 Å². The number of aromatic nitrogens is 3. The fourth-order valence-corrected chi connectivity index (χ4v) is 4.82. The molecule has 2 amide bonds. The van der Waals surface area contributed by atoms with E-state index in [1.807, 2.05) is 6.07 Å². The highest BCUT2D eigenvalue weighted by Gasteiger charge is 2.43. The van der Waals surface area contributed by atoms with Crippen LogP contribution in [0.3, 0.4) is 0 Å². The molecule has 2 fully saturated rings. The highest BCUT2D eigenvalue weighted by Crippen LogP contribution is 2.40. The lowest BCUT2D eigenvalue weighted by Crippen LogP contribution is -2.56. The van der Waals surface area contributed by atoms with Crippen LogP contribution in [0.15, 0.2) is 30.6 Å². The summed E-state index contributed by atoms with van der Waals surface area (Å²) in [7, 11) is 0. The molecule has 0 spiro atoms. The van der Waals surface area contributed by atoms with E-state index in [4.69, 9.17) is 4.98 Å². The first kappa shape index (κ1) is 20.8. The predicted molar refractivity (Wildman–Crippen MR) is 114 cm³/mol. The van der Waals surface area contributed by atoms with Crippen LogP contribution in [-0.4, -0.2) is 59.4 Å². The summed E-state index contributed by atoms with van der Waals surface area (Å²) in [6.45, 7) is 1.95. The summed E-state index contributed by atoms with van der Waals surface area (Å²) in [5, 5.41) is 2.73. The molecule has 0 aromatic carbocycles. The van der Waals surface area contributed by atoms with Crippen LogP contribution in [0.25, 0.3) is 0 Å². The Balaban J connectivity index is 1.47. The van der Waals surface area contributed by atoms with Gasteiger partial charge in [0.05, 0.1) is 17.6 Å². The van der Waals surface area contributed by atoms with E-state index >= 15 is 0 Å². The minimum Gasteiger partial charge on any atom is -0.366 e. The number of rotatable bonds is 2. The van der Waals surface area contributed by atoms with Gasteiger partial charge in [0, 0.05) is 38.6 Å². The van der Waals surface area contributed by atoms with Crippen molar-refractivity contribution in [2.45, 2.75) is 37.9 Å². The molecule has 5 rings (SSSR count). The zero-order valence-corrected chi connectivity index (χ0v) is 17.4. The summed E-state index contributed by atoms with van der Waals surface area (Å²) >= 11 is 0. The molecule has 2 atom stereocenters. The Labute approximate surface area is 183 Å². The Hall–Kier alpha value is -3.11. The van der Waals surface area contributed by atoms with Crippen molar-refractivity contribution < 1.29 is 18.0 Å². The average Bonchev–Trinajstić information content (AvgIpc) is 2.79. The number of urea groups is 1. The summed E-state index contributed by atoms with van der Waals surface area (Å²) in [6.07, 6.45) is 1.20. The van der Waals surface area contributed by atoms with Gasteiger partial charge in [-0.3, -0.25) is 10.2 Å². The molecule has 11 heteroatoms. The summed E-state index contributed by atoms with van der Waals surface area (Å²) < 4.78 is 39.9. The third kappa shape index (κ3) is 3.91. The zero-order chi connectivity index (χ0) is 22.3. The molecular weight excluding hydrogens is 423 g/mol. The molecule has 1 N–H and O–H groups in total. The summed E-state index contributed by atoms with van der Waals surface area (Å²) in [5.74, 6) is -0.238. The number of alkyl halides is 3. The standard InChI is InChI=1S/C21H24F3N7O/c22-21(23,24)14-4-1-11-30(12-14)17-7-6-16-18(27-17)31(15-5-2-10-29(16)13-15)20(32)28-19-25-8-3-9-26-19/h3,6-9,14-15H,1-2,4-5,10-13H2,(H,25,26,28,32)/t14?,15-/m0/s1. The van der Waals surface area contributed by atoms with Crippen molar-refractivity contribution >= 4 is 29.3 Å². The van der Waals surface area contributed by atoms with Crippen LogP contribution < -0.4 is 20.0 Å². The highest BCUT2D eigenvalue weighted by molar-refractivity contribution is 6.03. The van der Waals surface area contributed by atoms with E-state index < -0.39 is 12.1 Å². The monoisotopic (exact) mass is 447 g/mol. The quantitative estimate of drug-likeness (QED) is 0.757. The van der Waals surface area contributed by atoms with Crippen molar-refractivity contribution in [3.05, 3.63) is 30.6 Å². The van der Waals surface area contributed by atoms with Crippen LogP contribution in [0.5, 0.6) is 0 Å². The fraction of sp³-hybridized carbons (Fsp3) is 0.524. The topological polar surface area (TPSA) is 77.5 Å². The Morgan fingerprint density at radius 2 is 1.78 bits per heavy atom. The van der Waals surface area contributed by atoms with Gasteiger partial charge in [-0.1, -0.05) is 0 Å². The number of nitrogens with zero attached hydrogens (tertiary/aromatic N) is 6. The predicted octanol–water partition coefficient (Wildman–Crippen LogP) is 3.67. The van der Waals surface area contributed by atoms with Crippen LogP contribution >= 0.6 is 0 Å². The fourth-order valence-electron chi connectivity index (χ4n) is 4.82. The first-order valence-corrected chi connectivity index (χ1v) is 10.8. The van der Waals surface area contributed by atoms with Gasteiger partial charge in [0.2, 0.25) is 5.95 Å². The summed E-state index contributed by atoms with van der Waals surface area (Å²) in [4.78, 5) is 31.5. The molecule has 2 aromatic heterocycles. The second-order valence-corrected chi connectivity index (χ2v) is 8.45. The second kappa shape index (κ2) is 8.10. The minimum atomic E-state index is -4.22. The number of pyridine rings is 1. The van der Waals surface area contributed by atoms with E-state index in [2.05, 4.69) is 20.2 Å². The number of amides is 2. The molecule has 8 nitrogen and oxygen atoms in total. The molecule has 3 aliphatic heterocycles. The maximum Gasteiger partial charge on any atom is 0.393 e. The Morgan fingerprint density at radius 1 is 1.03 bits per heavy atom. The zero-order valence-electron chi connectivity index (χ0n) is 17.4. The van der Waals surface area contributed by atoms with Gasteiger partial charge in [0.1, 0.15) is 5.82 Å². The lowest BCUT2D eigenvalue weighted by molar-refractivity contribution is -0.176. The van der Waals surface area contributed by atoms with E-state index in [0.717, 1.165) is 25.1 Å². The lowest BCUT2D eigenvalue weighted by atomic mass is 9.97. The van der Waals surface area contributed by atoms with Crippen molar-refractivity contribution in [1.82, 2.24) is 15.0 Å². The van der Waals surface area contributed by atoms with Gasteiger partial charge < -0.3 is 9.80 Å². The first-order valence-electron chi connectivity index (χ1n) is 10.8. The van der Waals surface area contributed by atoms with Gasteiger partial charge in [0.25, 0.3) is 0 Å². The molecule has 1 unspecified atom stereocenters. The van der Waals surface area contributed by atoms with E-state index in [1.165, 1.54) is 0 Å². The average molecular weight is 447 g/mol. The van der Waals surface area contributed by atoms with Crippen LogP contribution in [-0.2, 0) is 0 Å². The third-order valence-electron chi connectivity index (χ3n) is 6.38. The Morgan fingerprint density at radius 3 is 2.56 bits per heavy atom. The highest BCUT2D eigenvalue weighted by atomic mass is 19.4. The van der Waals surface area contributed by atoms with E-state index in [1.54, 1.807) is 34.3 Å². The number of carbonyl (C=O) groups excluding carboxylic acids is 1. The smallest absolute Gasteiger partial charge is 0.366 e. The lowest BCUT2D eigenvalue weighted by Gasteiger charge is -2.46. The maximum absolute atomic E-state index is 13.3. The van der Waals surface area contributed by atoms with Crippen molar-refractivity contribution in [3.63, 3.8) is 0 Å². The molecule has 0 aliphatic carbocycles. The van der Waals surface area contributed by atoms with E-state index in [-0.39, 0.29) is 31.0 Å². The van der Waals surface area contributed by atoms with Crippen LogP contribution in [0.2, 0.25) is 0 Å². The molecule has 2 bridgehead atoms.